The van der Waals surface area contributed by atoms with Gasteiger partial charge in [0.1, 0.15) is 20.2 Å². The minimum atomic E-state index is -0.907. The molecule has 0 spiro atoms. The van der Waals surface area contributed by atoms with Crippen LogP contribution in [0, 0.1) is 17.5 Å². The van der Waals surface area contributed by atoms with Gasteiger partial charge in [0.05, 0.1) is 0 Å². The summed E-state index contributed by atoms with van der Waals surface area (Å²) in [5, 5.41) is 10.0. The Hall–Kier alpha value is -1.27. The van der Waals surface area contributed by atoms with E-state index < -0.39 is 5.97 Å². The van der Waals surface area contributed by atoms with Crippen LogP contribution in [0.2, 0.25) is 0 Å². The highest BCUT2D eigenvalue weighted by molar-refractivity contribution is 7.71. The molecule has 3 rings (SSSR count). The molecule has 2 aromatic rings. The third-order valence-corrected chi connectivity index (χ3v) is 6.03. The van der Waals surface area contributed by atoms with Crippen LogP contribution in [-0.2, 0) is 0 Å². The first-order valence-electron chi connectivity index (χ1n) is 7.25. The van der Waals surface area contributed by atoms with Gasteiger partial charge in [0.15, 0.2) is 0 Å². The Bertz CT molecular complexity index is 757. The Labute approximate surface area is 132 Å². The van der Waals surface area contributed by atoms with Crippen molar-refractivity contribution in [2.24, 2.45) is 5.92 Å². The predicted molar refractivity (Wildman–Crippen MR) is 86.9 cm³/mol. The van der Waals surface area contributed by atoms with E-state index in [1.807, 2.05) is 0 Å². The number of carbonyl (C=O) groups is 1. The highest BCUT2D eigenvalue weighted by Crippen LogP contribution is 2.37. The van der Waals surface area contributed by atoms with Gasteiger partial charge >= 0.3 is 5.97 Å². The van der Waals surface area contributed by atoms with Crippen LogP contribution in [0.4, 0.5) is 0 Å². The molecule has 1 aliphatic carbocycles. The lowest BCUT2D eigenvalue weighted by atomic mass is 9.92. The Balaban J connectivity index is 2.10. The van der Waals surface area contributed by atoms with Gasteiger partial charge in [-0.05, 0) is 31.2 Å². The molecule has 112 valence electrons. The van der Waals surface area contributed by atoms with Crippen molar-refractivity contribution in [3.05, 3.63) is 20.9 Å². The number of aromatic amines is 1. The quantitative estimate of drug-likeness (QED) is 0.807. The number of aryl methyl sites for hydroxylation is 1. The average Bonchev–Trinajstić information content (AvgIpc) is 3.06. The summed E-state index contributed by atoms with van der Waals surface area (Å²) in [5.41, 5.74) is 0.719. The van der Waals surface area contributed by atoms with Gasteiger partial charge in [-0.25, -0.2) is 9.78 Å². The highest BCUT2D eigenvalue weighted by atomic mass is 32.1. The monoisotopic (exact) mass is 322 g/mol. The number of hydrogen-bond acceptors (Lipinski definition) is 4. The number of hydrogen-bond donors (Lipinski definition) is 2. The molecule has 1 fully saturated rings. The number of carboxylic acid groups (broad SMARTS) is 1. The van der Waals surface area contributed by atoms with Crippen LogP contribution in [0.1, 0.15) is 59.6 Å². The maximum absolute atomic E-state index is 11.3. The zero-order valence-corrected chi connectivity index (χ0v) is 13.7. The van der Waals surface area contributed by atoms with Gasteiger partial charge in [0.25, 0.3) is 0 Å². The SMILES string of the molecule is Cc1c(C(=O)O)sc2nc([C@H](C)C3CCCC3)[nH]c(=S)c12. The number of nitrogens with zero attached hydrogens (tertiary/aromatic N) is 1. The summed E-state index contributed by atoms with van der Waals surface area (Å²) in [4.78, 5) is 20.3. The van der Waals surface area contributed by atoms with E-state index in [0.717, 1.165) is 21.6 Å². The normalized spacial score (nSPS) is 17.4. The van der Waals surface area contributed by atoms with Gasteiger partial charge in [-0.2, -0.15) is 0 Å². The van der Waals surface area contributed by atoms with Crippen LogP contribution >= 0.6 is 23.6 Å². The average molecular weight is 322 g/mol. The first-order valence-corrected chi connectivity index (χ1v) is 8.48. The molecule has 0 aliphatic heterocycles. The topological polar surface area (TPSA) is 66.0 Å². The fraction of sp³-hybridized carbons (Fsp3) is 0.533. The number of rotatable bonds is 3. The molecule has 0 saturated heterocycles. The van der Waals surface area contributed by atoms with Crippen LogP contribution in [0.5, 0.6) is 0 Å². The van der Waals surface area contributed by atoms with E-state index in [-0.39, 0.29) is 0 Å². The molecule has 2 heterocycles. The van der Waals surface area contributed by atoms with Crippen molar-refractivity contribution >= 4 is 39.7 Å². The molecule has 1 atom stereocenters. The van der Waals surface area contributed by atoms with E-state index >= 15 is 0 Å². The summed E-state index contributed by atoms with van der Waals surface area (Å²) in [6.07, 6.45) is 5.06. The maximum atomic E-state index is 11.3. The standard InChI is InChI=1S/C15H18N2O2S2/c1-7(9-5-3-4-6-9)12-16-13(20)10-8(2)11(15(18)19)21-14(10)17-12/h7,9H,3-6H2,1-2H3,(H,18,19)(H,16,17,20)/t7-/m1/s1. The molecular formula is C15H18N2O2S2. The van der Waals surface area contributed by atoms with Crippen molar-refractivity contribution in [3.8, 4) is 0 Å². The molecule has 2 N–H and O–H groups in total. The van der Waals surface area contributed by atoms with Crippen molar-refractivity contribution in [2.75, 3.05) is 0 Å². The first-order chi connectivity index (χ1) is 9.99. The van der Waals surface area contributed by atoms with Crippen LogP contribution in [0.25, 0.3) is 10.2 Å². The molecule has 0 aromatic carbocycles. The van der Waals surface area contributed by atoms with E-state index in [4.69, 9.17) is 12.2 Å². The smallest absolute Gasteiger partial charge is 0.346 e. The summed E-state index contributed by atoms with van der Waals surface area (Å²) >= 11 is 6.66. The highest BCUT2D eigenvalue weighted by Gasteiger charge is 2.25. The predicted octanol–water partition coefficient (Wildman–Crippen LogP) is 4.65. The Morgan fingerprint density at radius 2 is 2.14 bits per heavy atom. The molecule has 21 heavy (non-hydrogen) atoms. The first kappa shape index (κ1) is 14.7. The van der Waals surface area contributed by atoms with Gasteiger partial charge in [-0.1, -0.05) is 32.0 Å². The van der Waals surface area contributed by atoms with Crippen LogP contribution in [-0.4, -0.2) is 21.0 Å². The fourth-order valence-corrected chi connectivity index (χ4v) is 4.72. The second-order valence-corrected chi connectivity index (χ2v) is 7.23. The number of thiophene rings is 1. The fourth-order valence-electron chi connectivity index (χ4n) is 3.26. The van der Waals surface area contributed by atoms with Crippen molar-refractivity contribution in [3.63, 3.8) is 0 Å². The minimum Gasteiger partial charge on any atom is -0.477 e. The molecule has 0 amide bonds. The molecular weight excluding hydrogens is 304 g/mol. The molecule has 0 bridgehead atoms. The minimum absolute atomic E-state index is 0.336. The van der Waals surface area contributed by atoms with Gasteiger partial charge in [-0.15, -0.1) is 11.3 Å². The lowest BCUT2D eigenvalue weighted by molar-refractivity contribution is 0.0701. The van der Waals surface area contributed by atoms with Crippen molar-refractivity contribution < 1.29 is 9.90 Å². The molecule has 1 aliphatic rings. The second-order valence-electron chi connectivity index (χ2n) is 5.83. The zero-order chi connectivity index (χ0) is 15.1. The Kier molecular flexibility index (Phi) is 3.84. The Morgan fingerprint density at radius 1 is 1.48 bits per heavy atom. The molecule has 0 unspecified atom stereocenters. The number of carboxylic acids is 1. The lowest BCUT2D eigenvalue weighted by Crippen LogP contribution is -2.10. The molecule has 2 aromatic heterocycles. The maximum Gasteiger partial charge on any atom is 0.346 e. The molecule has 1 saturated carbocycles. The van der Waals surface area contributed by atoms with Crippen molar-refractivity contribution in [1.29, 1.82) is 0 Å². The third kappa shape index (κ3) is 2.51. The van der Waals surface area contributed by atoms with Crippen LogP contribution in [0.3, 0.4) is 0 Å². The van der Waals surface area contributed by atoms with Gasteiger partial charge in [0.2, 0.25) is 0 Å². The number of aromatic nitrogens is 2. The summed E-state index contributed by atoms with van der Waals surface area (Å²) < 4.78 is 0.612. The van der Waals surface area contributed by atoms with E-state index in [9.17, 15) is 9.90 Å². The van der Waals surface area contributed by atoms with Crippen molar-refractivity contribution in [2.45, 2.75) is 45.4 Å². The number of aromatic carboxylic acids is 1. The molecule has 4 nitrogen and oxygen atoms in total. The third-order valence-electron chi connectivity index (χ3n) is 4.55. The summed E-state index contributed by atoms with van der Waals surface area (Å²) in [7, 11) is 0. The lowest BCUT2D eigenvalue weighted by Gasteiger charge is -2.17. The molecule has 0 radical (unpaired) electrons. The zero-order valence-electron chi connectivity index (χ0n) is 12.1. The van der Waals surface area contributed by atoms with Gasteiger partial charge in [0, 0.05) is 11.3 Å². The van der Waals surface area contributed by atoms with E-state index in [1.165, 1.54) is 37.0 Å². The summed E-state index contributed by atoms with van der Waals surface area (Å²) in [6, 6.07) is 0. The van der Waals surface area contributed by atoms with Gasteiger partial charge < -0.3 is 10.1 Å². The van der Waals surface area contributed by atoms with Crippen molar-refractivity contribution in [1.82, 2.24) is 9.97 Å². The van der Waals surface area contributed by atoms with Crippen LogP contribution < -0.4 is 0 Å². The number of fused-ring (bicyclic) bond motifs is 1. The summed E-state index contributed by atoms with van der Waals surface area (Å²) in [5.74, 6) is 0.989. The second kappa shape index (κ2) is 5.50. The molecule has 6 heteroatoms. The summed E-state index contributed by atoms with van der Waals surface area (Å²) in [6.45, 7) is 3.99. The van der Waals surface area contributed by atoms with Crippen LogP contribution in [0.15, 0.2) is 0 Å². The van der Waals surface area contributed by atoms with E-state index in [2.05, 4.69) is 16.9 Å². The Morgan fingerprint density at radius 3 is 2.76 bits per heavy atom. The van der Waals surface area contributed by atoms with E-state index in [0.29, 0.717) is 21.4 Å². The van der Waals surface area contributed by atoms with Gasteiger partial charge in [-0.3, -0.25) is 0 Å². The number of H-pyrrole nitrogens is 1. The van der Waals surface area contributed by atoms with E-state index in [1.54, 1.807) is 6.92 Å². The number of nitrogens with one attached hydrogen (secondary N) is 1. The largest absolute Gasteiger partial charge is 0.477 e.